The summed E-state index contributed by atoms with van der Waals surface area (Å²) in [7, 11) is 2.02. The van der Waals surface area contributed by atoms with Gasteiger partial charge in [-0.25, -0.2) is 4.98 Å². The van der Waals surface area contributed by atoms with E-state index < -0.39 is 0 Å². The Kier molecular flexibility index (Phi) is 3.76. The van der Waals surface area contributed by atoms with Gasteiger partial charge in [0.25, 0.3) is 0 Å². The number of hydrogen-bond acceptors (Lipinski definition) is 2. The molecular formula is C16H22N2O. The third kappa shape index (κ3) is 2.30. The fraction of sp³-hybridized carbons (Fsp3) is 0.438. The van der Waals surface area contributed by atoms with Gasteiger partial charge >= 0.3 is 0 Å². The third-order valence-corrected chi connectivity index (χ3v) is 4.04. The molecule has 0 amide bonds. The van der Waals surface area contributed by atoms with Crippen molar-refractivity contribution in [2.45, 2.75) is 34.1 Å². The Hall–Kier alpha value is -1.61. The largest absolute Gasteiger partial charge is 0.396 e. The SMILES string of the molecule is Cc1cc(C)c(C)c(-c2cnc(CCO)n2C)c1C. The number of aliphatic hydroxyl groups excluding tert-OH is 1. The van der Waals surface area contributed by atoms with Crippen LogP contribution in [0.1, 0.15) is 28.1 Å². The summed E-state index contributed by atoms with van der Waals surface area (Å²) < 4.78 is 2.09. The summed E-state index contributed by atoms with van der Waals surface area (Å²) in [4.78, 5) is 4.43. The quantitative estimate of drug-likeness (QED) is 0.919. The van der Waals surface area contributed by atoms with E-state index in [1.807, 2.05) is 13.2 Å². The van der Waals surface area contributed by atoms with Crippen LogP contribution in [0.15, 0.2) is 12.3 Å². The van der Waals surface area contributed by atoms with E-state index in [-0.39, 0.29) is 6.61 Å². The normalized spacial score (nSPS) is 11.1. The Morgan fingerprint density at radius 1 is 1.11 bits per heavy atom. The lowest BCUT2D eigenvalue weighted by atomic mass is 9.92. The molecule has 0 fully saturated rings. The summed E-state index contributed by atoms with van der Waals surface area (Å²) in [6, 6.07) is 2.24. The van der Waals surface area contributed by atoms with Crippen LogP contribution >= 0.6 is 0 Å². The molecule has 2 rings (SSSR count). The van der Waals surface area contributed by atoms with Gasteiger partial charge in [0.2, 0.25) is 0 Å². The Morgan fingerprint density at radius 3 is 2.21 bits per heavy atom. The molecule has 0 aliphatic heterocycles. The molecule has 0 bridgehead atoms. The van der Waals surface area contributed by atoms with Gasteiger partial charge in [0, 0.05) is 19.0 Å². The predicted molar refractivity (Wildman–Crippen MR) is 78.4 cm³/mol. The second-order valence-electron chi connectivity index (χ2n) is 5.23. The summed E-state index contributed by atoms with van der Waals surface area (Å²) in [6.07, 6.45) is 2.51. The molecule has 0 saturated carbocycles. The molecule has 3 heteroatoms. The van der Waals surface area contributed by atoms with E-state index in [1.165, 1.54) is 27.8 Å². The smallest absolute Gasteiger partial charge is 0.111 e. The average molecular weight is 258 g/mol. The maximum Gasteiger partial charge on any atom is 0.111 e. The van der Waals surface area contributed by atoms with E-state index in [4.69, 9.17) is 5.11 Å². The van der Waals surface area contributed by atoms with Crippen LogP contribution in [0.4, 0.5) is 0 Å². The molecule has 19 heavy (non-hydrogen) atoms. The molecule has 0 saturated heterocycles. The average Bonchev–Trinajstić information content (AvgIpc) is 2.71. The highest BCUT2D eigenvalue weighted by molar-refractivity contribution is 5.70. The molecule has 1 aromatic heterocycles. The second kappa shape index (κ2) is 5.17. The van der Waals surface area contributed by atoms with Gasteiger partial charge in [0.15, 0.2) is 0 Å². The topological polar surface area (TPSA) is 38.1 Å². The van der Waals surface area contributed by atoms with Crippen molar-refractivity contribution in [3.05, 3.63) is 40.3 Å². The molecule has 0 unspecified atom stereocenters. The number of imidazole rings is 1. The predicted octanol–water partition coefficient (Wildman–Crippen LogP) is 2.86. The van der Waals surface area contributed by atoms with Gasteiger partial charge in [-0.3, -0.25) is 0 Å². The van der Waals surface area contributed by atoms with Gasteiger partial charge in [-0.15, -0.1) is 0 Å². The minimum absolute atomic E-state index is 0.134. The highest BCUT2D eigenvalue weighted by atomic mass is 16.3. The minimum atomic E-state index is 0.134. The molecular weight excluding hydrogens is 236 g/mol. The van der Waals surface area contributed by atoms with Gasteiger partial charge in [0.1, 0.15) is 5.82 Å². The number of rotatable bonds is 3. The summed E-state index contributed by atoms with van der Waals surface area (Å²) in [5, 5.41) is 9.07. The first-order chi connectivity index (χ1) is 8.97. The maximum absolute atomic E-state index is 9.07. The molecule has 1 heterocycles. The van der Waals surface area contributed by atoms with Crippen LogP contribution in [0.25, 0.3) is 11.3 Å². The van der Waals surface area contributed by atoms with Crippen LogP contribution in [-0.4, -0.2) is 21.3 Å². The molecule has 0 atom stereocenters. The van der Waals surface area contributed by atoms with Crippen molar-refractivity contribution in [2.75, 3.05) is 6.61 Å². The number of nitrogens with zero attached hydrogens (tertiary/aromatic N) is 2. The van der Waals surface area contributed by atoms with Crippen molar-refractivity contribution in [1.29, 1.82) is 0 Å². The Bertz CT molecular complexity index is 585. The standard InChI is InChI=1S/C16H22N2O/c1-10-8-11(2)13(4)16(12(10)3)14-9-17-15(6-7-19)18(14)5/h8-9,19H,6-7H2,1-5H3. The molecule has 3 nitrogen and oxygen atoms in total. The van der Waals surface area contributed by atoms with Crippen LogP contribution in [-0.2, 0) is 13.5 Å². The van der Waals surface area contributed by atoms with Crippen LogP contribution in [0, 0.1) is 27.7 Å². The fourth-order valence-electron chi connectivity index (χ4n) is 2.61. The molecule has 2 aromatic rings. The summed E-state index contributed by atoms with van der Waals surface area (Å²) in [5.41, 5.74) is 7.64. The van der Waals surface area contributed by atoms with Crippen molar-refractivity contribution in [3.63, 3.8) is 0 Å². The van der Waals surface area contributed by atoms with E-state index in [2.05, 4.69) is 43.3 Å². The first kappa shape index (κ1) is 13.8. The lowest BCUT2D eigenvalue weighted by molar-refractivity contribution is 0.295. The number of hydrogen-bond donors (Lipinski definition) is 1. The lowest BCUT2D eigenvalue weighted by Crippen LogP contribution is -2.04. The molecule has 1 aromatic carbocycles. The molecule has 0 radical (unpaired) electrons. The lowest BCUT2D eigenvalue weighted by Gasteiger charge is -2.16. The highest BCUT2D eigenvalue weighted by Gasteiger charge is 2.15. The van der Waals surface area contributed by atoms with Crippen molar-refractivity contribution >= 4 is 0 Å². The molecule has 0 aliphatic carbocycles. The zero-order valence-electron chi connectivity index (χ0n) is 12.4. The van der Waals surface area contributed by atoms with E-state index in [1.54, 1.807) is 0 Å². The molecule has 1 N–H and O–H groups in total. The van der Waals surface area contributed by atoms with Crippen LogP contribution in [0.5, 0.6) is 0 Å². The summed E-state index contributed by atoms with van der Waals surface area (Å²) in [5.74, 6) is 0.926. The number of aromatic nitrogens is 2. The van der Waals surface area contributed by atoms with Gasteiger partial charge < -0.3 is 9.67 Å². The van der Waals surface area contributed by atoms with E-state index in [0.717, 1.165) is 11.5 Å². The number of aryl methyl sites for hydroxylation is 2. The van der Waals surface area contributed by atoms with E-state index in [9.17, 15) is 0 Å². The number of aliphatic hydroxyl groups is 1. The van der Waals surface area contributed by atoms with Gasteiger partial charge in [-0.2, -0.15) is 0 Å². The van der Waals surface area contributed by atoms with E-state index in [0.29, 0.717) is 6.42 Å². The Morgan fingerprint density at radius 2 is 1.68 bits per heavy atom. The Labute approximate surface area is 114 Å². The fourth-order valence-corrected chi connectivity index (χ4v) is 2.61. The first-order valence-corrected chi connectivity index (χ1v) is 6.66. The maximum atomic E-state index is 9.07. The highest BCUT2D eigenvalue weighted by Crippen LogP contribution is 2.31. The molecule has 0 aliphatic rings. The van der Waals surface area contributed by atoms with Crippen molar-refractivity contribution in [3.8, 4) is 11.3 Å². The molecule has 0 spiro atoms. The monoisotopic (exact) mass is 258 g/mol. The van der Waals surface area contributed by atoms with Gasteiger partial charge in [0.05, 0.1) is 18.5 Å². The minimum Gasteiger partial charge on any atom is -0.396 e. The van der Waals surface area contributed by atoms with Crippen molar-refractivity contribution in [2.24, 2.45) is 7.05 Å². The zero-order chi connectivity index (χ0) is 14.2. The van der Waals surface area contributed by atoms with Crippen LogP contribution in [0.2, 0.25) is 0 Å². The zero-order valence-corrected chi connectivity index (χ0v) is 12.4. The first-order valence-electron chi connectivity index (χ1n) is 6.66. The van der Waals surface area contributed by atoms with Crippen LogP contribution in [0.3, 0.4) is 0 Å². The molecule has 102 valence electrons. The second-order valence-corrected chi connectivity index (χ2v) is 5.23. The summed E-state index contributed by atoms with van der Waals surface area (Å²) in [6.45, 7) is 8.76. The summed E-state index contributed by atoms with van der Waals surface area (Å²) >= 11 is 0. The van der Waals surface area contributed by atoms with Gasteiger partial charge in [-0.05, 0) is 49.9 Å². The van der Waals surface area contributed by atoms with Gasteiger partial charge in [-0.1, -0.05) is 6.07 Å². The van der Waals surface area contributed by atoms with Crippen molar-refractivity contribution < 1.29 is 5.11 Å². The van der Waals surface area contributed by atoms with Crippen LogP contribution < -0.4 is 0 Å². The van der Waals surface area contributed by atoms with E-state index >= 15 is 0 Å². The van der Waals surface area contributed by atoms with Crippen molar-refractivity contribution in [1.82, 2.24) is 9.55 Å². The third-order valence-electron chi connectivity index (χ3n) is 4.04. The number of benzene rings is 1. The Balaban J connectivity index is 2.65.